The summed E-state index contributed by atoms with van der Waals surface area (Å²) in [6, 6.07) is 0. The molecule has 6 heteroatoms. The van der Waals surface area contributed by atoms with Crippen LogP contribution in [0, 0.1) is 5.41 Å². The predicted octanol–water partition coefficient (Wildman–Crippen LogP) is 0.751. The van der Waals surface area contributed by atoms with Gasteiger partial charge in [0.2, 0.25) is 5.91 Å². The van der Waals surface area contributed by atoms with E-state index in [9.17, 15) is 4.79 Å². The Balaban J connectivity index is 2.35. The minimum absolute atomic E-state index is 0.0417. The molecule has 1 rings (SSSR count). The van der Waals surface area contributed by atoms with Gasteiger partial charge < -0.3 is 21.2 Å². The Morgan fingerprint density at radius 1 is 1.42 bits per heavy atom. The first kappa shape index (κ1) is 15.8. The standard InChI is InChI=1S/C13H26N4O2/c1-3-17(4-2)10-6-9-15-12(18)13(7-5-8-13)11(14)16-19/h19H,3-10H2,1-2H3,(H2,14,16)(H,15,18). The topological polar surface area (TPSA) is 91.0 Å². The van der Waals surface area contributed by atoms with Crippen LogP contribution in [-0.4, -0.2) is 48.0 Å². The maximum Gasteiger partial charge on any atom is 0.233 e. The van der Waals surface area contributed by atoms with E-state index in [-0.39, 0.29) is 11.7 Å². The lowest BCUT2D eigenvalue weighted by molar-refractivity contribution is -0.131. The van der Waals surface area contributed by atoms with Gasteiger partial charge in [-0.2, -0.15) is 0 Å². The van der Waals surface area contributed by atoms with E-state index in [0.29, 0.717) is 19.4 Å². The first-order chi connectivity index (χ1) is 9.10. The van der Waals surface area contributed by atoms with Gasteiger partial charge in [0.05, 0.1) is 0 Å². The van der Waals surface area contributed by atoms with Gasteiger partial charge in [-0.1, -0.05) is 25.4 Å². The van der Waals surface area contributed by atoms with Crippen molar-refractivity contribution in [2.45, 2.75) is 39.5 Å². The molecule has 0 saturated heterocycles. The van der Waals surface area contributed by atoms with Crippen LogP contribution >= 0.6 is 0 Å². The summed E-state index contributed by atoms with van der Waals surface area (Å²) in [7, 11) is 0. The van der Waals surface area contributed by atoms with E-state index in [1.807, 2.05) is 0 Å². The molecule has 1 aliphatic rings. The first-order valence-corrected chi connectivity index (χ1v) is 7.09. The Hall–Kier alpha value is -1.30. The average molecular weight is 270 g/mol. The molecule has 0 aromatic heterocycles. The number of oxime groups is 1. The van der Waals surface area contributed by atoms with Crippen molar-refractivity contribution >= 4 is 11.7 Å². The minimum Gasteiger partial charge on any atom is -0.409 e. The second-order valence-corrected chi connectivity index (χ2v) is 5.06. The number of hydrogen-bond donors (Lipinski definition) is 3. The molecule has 1 saturated carbocycles. The molecule has 6 nitrogen and oxygen atoms in total. The summed E-state index contributed by atoms with van der Waals surface area (Å²) < 4.78 is 0. The van der Waals surface area contributed by atoms with Gasteiger partial charge in [0.25, 0.3) is 0 Å². The van der Waals surface area contributed by atoms with Crippen LogP contribution in [0.3, 0.4) is 0 Å². The summed E-state index contributed by atoms with van der Waals surface area (Å²) >= 11 is 0. The molecule has 1 fully saturated rings. The smallest absolute Gasteiger partial charge is 0.233 e. The average Bonchev–Trinajstić information content (AvgIpc) is 2.37. The summed E-state index contributed by atoms with van der Waals surface area (Å²) in [6.45, 7) is 7.92. The Labute approximate surface area is 115 Å². The van der Waals surface area contributed by atoms with Crippen molar-refractivity contribution in [2.75, 3.05) is 26.2 Å². The monoisotopic (exact) mass is 270 g/mol. The zero-order valence-corrected chi connectivity index (χ0v) is 12.0. The van der Waals surface area contributed by atoms with Crippen molar-refractivity contribution < 1.29 is 10.0 Å². The Morgan fingerprint density at radius 2 is 2.05 bits per heavy atom. The third-order valence-corrected chi connectivity index (χ3v) is 4.07. The number of carbonyl (C=O) groups excluding carboxylic acids is 1. The molecular formula is C13H26N4O2. The van der Waals surface area contributed by atoms with Crippen molar-refractivity contribution in [1.82, 2.24) is 10.2 Å². The lowest BCUT2D eigenvalue weighted by atomic mass is 9.67. The third-order valence-electron chi connectivity index (χ3n) is 4.07. The molecule has 0 aliphatic heterocycles. The van der Waals surface area contributed by atoms with Crippen molar-refractivity contribution in [3.8, 4) is 0 Å². The number of hydrogen-bond acceptors (Lipinski definition) is 4. The second kappa shape index (κ2) is 7.33. The molecular weight excluding hydrogens is 244 g/mol. The molecule has 4 N–H and O–H groups in total. The van der Waals surface area contributed by atoms with E-state index < -0.39 is 5.41 Å². The predicted molar refractivity (Wildman–Crippen MR) is 75.1 cm³/mol. The van der Waals surface area contributed by atoms with Gasteiger partial charge >= 0.3 is 0 Å². The zero-order valence-electron chi connectivity index (χ0n) is 12.0. The number of nitrogens with zero attached hydrogens (tertiary/aromatic N) is 2. The molecule has 110 valence electrons. The number of nitrogens with two attached hydrogens (primary N) is 1. The van der Waals surface area contributed by atoms with Gasteiger partial charge in [0.1, 0.15) is 5.41 Å². The highest BCUT2D eigenvalue weighted by molar-refractivity contribution is 6.07. The zero-order chi connectivity index (χ0) is 14.3. The Morgan fingerprint density at radius 3 is 2.47 bits per heavy atom. The van der Waals surface area contributed by atoms with Crippen LogP contribution < -0.4 is 11.1 Å². The number of carbonyl (C=O) groups is 1. The molecule has 0 radical (unpaired) electrons. The highest BCUT2D eigenvalue weighted by atomic mass is 16.4. The SMILES string of the molecule is CCN(CC)CCCNC(=O)C1(C(N)=NO)CCC1. The number of rotatable bonds is 8. The van der Waals surface area contributed by atoms with Crippen molar-refractivity contribution in [3.63, 3.8) is 0 Å². The van der Waals surface area contributed by atoms with E-state index in [1.54, 1.807) is 0 Å². The summed E-state index contributed by atoms with van der Waals surface area (Å²) in [6.07, 6.45) is 3.21. The highest BCUT2D eigenvalue weighted by Gasteiger charge is 2.48. The van der Waals surface area contributed by atoms with Crippen LogP contribution in [-0.2, 0) is 4.79 Å². The van der Waals surface area contributed by atoms with Crippen LogP contribution in [0.25, 0.3) is 0 Å². The van der Waals surface area contributed by atoms with Crippen LogP contribution in [0.4, 0.5) is 0 Å². The molecule has 0 unspecified atom stereocenters. The lowest BCUT2D eigenvalue weighted by Gasteiger charge is -2.38. The van der Waals surface area contributed by atoms with Crippen molar-refractivity contribution in [2.24, 2.45) is 16.3 Å². The normalized spacial score (nSPS) is 18.2. The fourth-order valence-corrected chi connectivity index (χ4v) is 2.44. The first-order valence-electron chi connectivity index (χ1n) is 7.09. The molecule has 0 spiro atoms. The number of amidine groups is 1. The van der Waals surface area contributed by atoms with E-state index in [4.69, 9.17) is 10.9 Å². The van der Waals surface area contributed by atoms with Gasteiger partial charge in [-0.05, 0) is 38.9 Å². The highest BCUT2D eigenvalue weighted by Crippen LogP contribution is 2.41. The van der Waals surface area contributed by atoms with E-state index in [1.165, 1.54) is 0 Å². The molecule has 1 aliphatic carbocycles. The summed E-state index contributed by atoms with van der Waals surface area (Å²) in [4.78, 5) is 14.4. The largest absolute Gasteiger partial charge is 0.409 e. The molecule has 19 heavy (non-hydrogen) atoms. The third kappa shape index (κ3) is 3.59. The lowest BCUT2D eigenvalue weighted by Crippen LogP contribution is -2.54. The van der Waals surface area contributed by atoms with Gasteiger partial charge in [-0.25, -0.2) is 0 Å². The van der Waals surface area contributed by atoms with Gasteiger partial charge in [0, 0.05) is 6.54 Å². The summed E-state index contributed by atoms with van der Waals surface area (Å²) in [5.41, 5.74) is 4.88. The number of nitrogens with one attached hydrogen (secondary N) is 1. The van der Waals surface area contributed by atoms with E-state index >= 15 is 0 Å². The molecule has 0 bridgehead atoms. The van der Waals surface area contributed by atoms with Crippen LogP contribution in [0.5, 0.6) is 0 Å². The van der Waals surface area contributed by atoms with Crippen LogP contribution in [0.15, 0.2) is 5.16 Å². The molecule has 0 aromatic rings. The Bertz CT molecular complexity index is 323. The maximum absolute atomic E-state index is 12.1. The van der Waals surface area contributed by atoms with Gasteiger partial charge in [0.15, 0.2) is 5.84 Å². The van der Waals surface area contributed by atoms with Gasteiger partial charge in [-0.15, -0.1) is 0 Å². The van der Waals surface area contributed by atoms with Crippen LogP contribution in [0.2, 0.25) is 0 Å². The Kier molecular flexibility index (Phi) is 6.08. The fraction of sp³-hybridized carbons (Fsp3) is 0.846. The fourth-order valence-electron chi connectivity index (χ4n) is 2.44. The van der Waals surface area contributed by atoms with Crippen molar-refractivity contribution in [1.29, 1.82) is 0 Å². The maximum atomic E-state index is 12.1. The molecule has 0 atom stereocenters. The minimum atomic E-state index is -0.760. The van der Waals surface area contributed by atoms with Gasteiger partial charge in [-0.3, -0.25) is 4.79 Å². The second-order valence-electron chi connectivity index (χ2n) is 5.06. The molecule has 0 aromatic carbocycles. The summed E-state index contributed by atoms with van der Waals surface area (Å²) in [5, 5.41) is 14.7. The molecule has 0 heterocycles. The number of amides is 1. The molecule has 1 amide bonds. The van der Waals surface area contributed by atoms with E-state index in [2.05, 4.69) is 29.2 Å². The van der Waals surface area contributed by atoms with Crippen molar-refractivity contribution in [3.05, 3.63) is 0 Å². The van der Waals surface area contributed by atoms with Crippen LogP contribution in [0.1, 0.15) is 39.5 Å². The quantitative estimate of drug-likeness (QED) is 0.199. The van der Waals surface area contributed by atoms with E-state index in [0.717, 1.165) is 32.5 Å². The summed E-state index contributed by atoms with van der Waals surface area (Å²) in [5.74, 6) is -0.0615.